The Hall–Kier alpha value is -3.47. The van der Waals surface area contributed by atoms with Gasteiger partial charge in [-0.15, -0.1) is 0 Å². The molecule has 1 unspecified atom stereocenters. The molecule has 1 N–H and O–H groups in total. The average Bonchev–Trinajstić information content (AvgIpc) is 2.75. The van der Waals surface area contributed by atoms with Crippen molar-refractivity contribution >= 4 is 33.2 Å². The van der Waals surface area contributed by atoms with E-state index in [-0.39, 0.29) is 17.9 Å². The molecule has 172 valence electrons. The molecule has 0 aromatic heterocycles. The van der Waals surface area contributed by atoms with Gasteiger partial charge < -0.3 is 10.2 Å². The van der Waals surface area contributed by atoms with Crippen LogP contribution < -0.4 is 9.62 Å². The molecule has 0 spiro atoms. The standard InChI is InChI=1S/C21H26N4O6S/c1-15-8-10-17(11-9-15)13-23(16(2)21(27)22-3)20(26)14-24(32(4,30)31)18-6-5-7-19(12-18)25(28)29/h5-12,16H,13-14H2,1-4H3,(H,22,27). The first-order chi connectivity index (χ1) is 14.9. The lowest BCUT2D eigenvalue weighted by molar-refractivity contribution is -0.384. The van der Waals surface area contributed by atoms with Crippen LogP contribution in [0.4, 0.5) is 11.4 Å². The summed E-state index contributed by atoms with van der Waals surface area (Å²) < 4.78 is 25.7. The minimum Gasteiger partial charge on any atom is -0.357 e. The zero-order chi connectivity index (χ0) is 24.1. The number of likely N-dealkylation sites (N-methyl/N-ethyl adjacent to an activating group) is 1. The van der Waals surface area contributed by atoms with Crippen LogP contribution in [0.15, 0.2) is 48.5 Å². The van der Waals surface area contributed by atoms with Crippen LogP contribution in [0.5, 0.6) is 0 Å². The fraction of sp³-hybridized carbons (Fsp3) is 0.333. The molecule has 10 nitrogen and oxygen atoms in total. The van der Waals surface area contributed by atoms with Gasteiger partial charge in [-0.25, -0.2) is 8.42 Å². The summed E-state index contributed by atoms with van der Waals surface area (Å²) >= 11 is 0. The van der Waals surface area contributed by atoms with Crippen molar-refractivity contribution in [2.24, 2.45) is 0 Å². The second-order valence-electron chi connectivity index (χ2n) is 7.34. The molecule has 0 saturated heterocycles. The molecular weight excluding hydrogens is 436 g/mol. The number of anilines is 1. The zero-order valence-electron chi connectivity index (χ0n) is 18.3. The van der Waals surface area contributed by atoms with E-state index >= 15 is 0 Å². The largest absolute Gasteiger partial charge is 0.357 e. The minimum absolute atomic E-state index is 0.0158. The maximum Gasteiger partial charge on any atom is 0.271 e. The van der Waals surface area contributed by atoms with Crippen molar-refractivity contribution in [3.63, 3.8) is 0 Å². The van der Waals surface area contributed by atoms with Gasteiger partial charge in [-0.05, 0) is 25.5 Å². The normalized spacial score (nSPS) is 12.0. The van der Waals surface area contributed by atoms with Crippen molar-refractivity contribution in [3.05, 3.63) is 69.8 Å². The van der Waals surface area contributed by atoms with Crippen LogP contribution in [-0.4, -0.2) is 55.9 Å². The third-order valence-electron chi connectivity index (χ3n) is 4.89. The quantitative estimate of drug-likeness (QED) is 0.447. The Labute approximate surface area is 187 Å². The predicted octanol–water partition coefficient (Wildman–Crippen LogP) is 1.83. The van der Waals surface area contributed by atoms with E-state index in [1.54, 1.807) is 6.92 Å². The van der Waals surface area contributed by atoms with Crippen molar-refractivity contribution in [1.82, 2.24) is 10.2 Å². The van der Waals surface area contributed by atoms with Crippen molar-refractivity contribution in [1.29, 1.82) is 0 Å². The number of amides is 2. The fourth-order valence-corrected chi connectivity index (χ4v) is 3.90. The highest BCUT2D eigenvalue weighted by molar-refractivity contribution is 7.92. The number of hydrogen-bond acceptors (Lipinski definition) is 6. The number of nitrogens with one attached hydrogen (secondary N) is 1. The predicted molar refractivity (Wildman–Crippen MR) is 121 cm³/mol. The van der Waals surface area contributed by atoms with Gasteiger partial charge in [0.25, 0.3) is 5.69 Å². The first-order valence-corrected chi connectivity index (χ1v) is 11.6. The molecule has 0 heterocycles. The Balaban J connectivity index is 2.41. The molecule has 2 aromatic carbocycles. The summed E-state index contributed by atoms with van der Waals surface area (Å²) in [6.45, 7) is 2.93. The van der Waals surface area contributed by atoms with Gasteiger partial charge in [0, 0.05) is 25.7 Å². The van der Waals surface area contributed by atoms with Crippen LogP contribution in [0.25, 0.3) is 0 Å². The Kier molecular flexibility index (Phi) is 7.92. The van der Waals surface area contributed by atoms with Crippen molar-refractivity contribution in [2.75, 3.05) is 24.2 Å². The first kappa shape index (κ1) is 24.8. The number of carbonyl (C=O) groups excluding carboxylic acids is 2. The van der Waals surface area contributed by atoms with Crippen molar-refractivity contribution < 1.29 is 22.9 Å². The summed E-state index contributed by atoms with van der Waals surface area (Å²) in [7, 11) is -2.51. The minimum atomic E-state index is -3.96. The van der Waals surface area contributed by atoms with Crippen LogP contribution in [-0.2, 0) is 26.2 Å². The smallest absolute Gasteiger partial charge is 0.271 e. The summed E-state index contributed by atoms with van der Waals surface area (Å²) in [5.41, 5.74) is 1.47. The highest BCUT2D eigenvalue weighted by Gasteiger charge is 2.30. The Morgan fingerprint density at radius 3 is 2.31 bits per heavy atom. The summed E-state index contributed by atoms with van der Waals surface area (Å²) in [6.07, 6.45) is 0.908. The third-order valence-corrected chi connectivity index (χ3v) is 6.04. The van der Waals surface area contributed by atoms with Gasteiger partial charge in [0.05, 0.1) is 16.9 Å². The van der Waals surface area contributed by atoms with E-state index in [9.17, 15) is 28.1 Å². The van der Waals surface area contributed by atoms with Crippen LogP contribution >= 0.6 is 0 Å². The highest BCUT2D eigenvalue weighted by Crippen LogP contribution is 2.23. The maximum absolute atomic E-state index is 13.2. The van der Waals surface area contributed by atoms with Crippen LogP contribution in [0.1, 0.15) is 18.1 Å². The molecule has 0 radical (unpaired) electrons. The van der Waals surface area contributed by atoms with Gasteiger partial charge in [0.15, 0.2) is 0 Å². The second-order valence-corrected chi connectivity index (χ2v) is 9.25. The lowest BCUT2D eigenvalue weighted by Crippen LogP contribution is -2.50. The van der Waals surface area contributed by atoms with E-state index in [1.807, 2.05) is 31.2 Å². The summed E-state index contributed by atoms with van der Waals surface area (Å²) in [5.74, 6) is -1.04. The van der Waals surface area contributed by atoms with Crippen LogP contribution in [0, 0.1) is 17.0 Å². The Morgan fingerprint density at radius 1 is 1.16 bits per heavy atom. The van der Waals surface area contributed by atoms with Crippen molar-refractivity contribution in [3.8, 4) is 0 Å². The Bertz CT molecular complexity index is 1100. The lowest BCUT2D eigenvalue weighted by Gasteiger charge is -2.31. The number of nitrogens with zero attached hydrogens (tertiary/aromatic N) is 3. The van der Waals surface area contributed by atoms with Crippen LogP contribution in [0.2, 0.25) is 0 Å². The molecule has 32 heavy (non-hydrogen) atoms. The van der Waals surface area contributed by atoms with Gasteiger partial charge in [-0.1, -0.05) is 35.9 Å². The highest BCUT2D eigenvalue weighted by atomic mass is 32.2. The molecule has 0 bridgehead atoms. The van der Waals surface area contributed by atoms with E-state index in [4.69, 9.17) is 0 Å². The SMILES string of the molecule is CNC(=O)C(C)N(Cc1ccc(C)cc1)C(=O)CN(c1cccc([N+](=O)[O-])c1)S(C)(=O)=O. The first-order valence-electron chi connectivity index (χ1n) is 9.72. The number of nitro benzene ring substituents is 1. The average molecular weight is 463 g/mol. The van der Waals surface area contributed by atoms with E-state index in [1.165, 1.54) is 30.1 Å². The molecule has 0 aliphatic carbocycles. The number of sulfonamides is 1. The van der Waals surface area contributed by atoms with E-state index < -0.39 is 39.3 Å². The lowest BCUT2D eigenvalue weighted by atomic mass is 10.1. The molecular formula is C21H26N4O6S. The van der Waals surface area contributed by atoms with Crippen molar-refractivity contribution in [2.45, 2.75) is 26.4 Å². The molecule has 2 aromatic rings. The van der Waals surface area contributed by atoms with Gasteiger partial charge in [0.1, 0.15) is 12.6 Å². The van der Waals surface area contributed by atoms with E-state index in [2.05, 4.69) is 5.32 Å². The number of carbonyl (C=O) groups is 2. The number of non-ortho nitro benzene ring substituents is 1. The van der Waals surface area contributed by atoms with Gasteiger partial charge >= 0.3 is 0 Å². The second kappa shape index (κ2) is 10.2. The summed E-state index contributed by atoms with van der Waals surface area (Å²) in [4.78, 5) is 37.2. The molecule has 0 saturated carbocycles. The number of rotatable bonds is 9. The molecule has 2 rings (SSSR count). The monoisotopic (exact) mass is 462 g/mol. The van der Waals surface area contributed by atoms with Crippen LogP contribution in [0.3, 0.4) is 0 Å². The molecule has 0 aliphatic heterocycles. The molecule has 0 aliphatic rings. The third kappa shape index (κ3) is 6.27. The van der Waals surface area contributed by atoms with Gasteiger partial charge in [0.2, 0.25) is 21.8 Å². The molecule has 1 atom stereocenters. The topological polar surface area (TPSA) is 130 Å². The summed E-state index contributed by atoms with van der Waals surface area (Å²) in [6, 6.07) is 11.5. The van der Waals surface area contributed by atoms with E-state index in [0.717, 1.165) is 27.8 Å². The van der Waals surface area contributed by atoms with Gasteiger partial charge in [-0.3, -0.25) is 24.0 Å². The fourth-order valence-electron chi connectivity index (χ4n) is 3.06. The number of benzene rings is 2. The molecule has 11 heteroatoms. The summed E-state index contributed by atoms with van der Waals surface area (Å²) in [5, 5.41) is 13.6. The van der Waals surface area contributed by atoms with Gasteiger partial charge in [-0.2, -0.15) is 0 Å². The number of nitro groups is 1. The molecule has 0 fully saturated rings. The molecule has 2 amide bonds. The zero-order valence-corrected chi connectivity index (χ0v) is 19.1. The number of hydrogen-bond donors (Lipinski definition) is 1. The number of aryl methyl sites for hydroxylation is 1. The Morgan fingerprint density at radius 2 is 1.78 bits per heavy atom. The maximum atomic E-state index is 13.2. The van der Waals surface area contributed by atoms with E-state index in [0.29, 0.717) is 0 Å².